The number of rotatable bonds is 7. The lowest BCUT2D eigenvalue weighted by molar-refractivity contribution is -0.169. The highest BCUT2D eigenvalue weighted by atomic mass is 31.2. The second-order valence-electron chi connectivity index (χ2n) is 4.88. The minimum absolute atomic E-state index is 0.467. The predicted molar refractivity (Wildman–Crippen MR) is 79.6 cm³/mol. The molecule has 0 unspecified atom stereocenters. The molecule has 1 aliphatic heterocycles. The summed E-state index contributed by atoms with van der Waals surface area (Å²) >= 11 is 0. The van der Waals surface area contributed by atoms with E-state index in [2.05, 4.69) is 4.98 Å². The molecule has 0 radical (unpaired) electrons. The second kappa shape index (κ2) is 7.70. The number of aliphatic hydroxyl groups is 1. The summed E-state index contributed by atoms with van der Waals surface area (Å²) in [6, 6.07) is 1.13. The molecule has 136 valence electrons. The molecule has 1 aliphatic rings. The van der Waals surface area contributed by atoms with Gasteiger partial charge in [0.15, 0.2) is 18.9 Å². The number of methoxy groups -OCH3 is 1. The Balaban J connectivity index is 2.19. The lowest BCUT2D eigenvalue weighted by Gasteiger charge is -2.19. The lowest BCUT2D eigenvalue weighted by atomic mass is 10.2. The number of H-pyrrole nitrogens is 1. The second-order valence-corrected chi connectivity index (χ2v) is 7.09. The Morgan fingerprint density at radius 2 is 2.00 bits per heavy atom. The van der Waals surface area contributed by atoms with Gasteiger partial charge in [-0.2, -0.15) is 0 Å². The largest absolute Gasteiger partial charge is 0.385 e. The summed E-state index contributed by atoms with van der Waals surface area (Å²) in [6.45, 7) is 0. The fourth-order valence-electron chi connectivity index (χ4n) is 2.21. The maximum Gasteiger partial charge on any atom is 0.355 e. The van der Waals surface area contributed by atoms with Gasteiger partial charge in [-0.1, -0.05) is 0 Å². The van der Waals surface area contributed by atoms with Crippen LogP contribution in [0.3, 0.4) is 0 Å². The molecule has 24 heavy (non-hydrogen) atoms. The molecule has 2 heterocycles. The van der Waals surface area contributed by atoms with Crippen molar-refractivity contribution >= 4 is 7.60 Å². The summed E-state index contributed by atoms with van der Waals surface area (Å²) in [5.74, 6) is 0. The first-order chi connectivity index (χ1) is 11.3. The number of aromatic amines is 1. The molecule has 0 amide bonds. The molecule has 2 rings (SSSR count). The molecule has 1 aromatic heterocycles. The first kappa shape index (κ1) is 19.0. The Labute approximate surface area is 136 Å². The molecular formula is C12H19N2O9P. The first-order valence-electron chi connectivity index (χ1n) is 6.85. The van der Waals surface area contributed by atoms with Gasteiger partial charge in [0.2, 0.25) is 0 Å². The van der Waals surface area contributed by atoms with Crippen LogP contribution in [0, 0.1) is 0 Å². The van der Waals surface area contributed by atoms with E-state index in [-0.39, 0.29) is 0 Å². The molecule has 0 aromatic carbocycles. The van der Waals surface area contributed by atoms with Crippen LogP contribution in [0.2, 0.25) is 0 Å². The smallest absolute Gasteiger partial charge is 0.355 e. The Kier molecular flexibility index (Phi) is 6.10. The average Bonchev–Trinajstić information content (AvgIpc) is 2.88. The lowest BCUT2D eigenvalue weighted by Crippen LogP contribution is -2.38. The molecule has 12 heteroatoms. The normalized spacial score (nSPS) is 27.5. The van der Waals surface area contributed by atoms with E-state index in [1.165, 1.54) is 27.5 Å². The third kappa shape index (κ3) is 3.83. The van der Waals surface area contributed by atoms with Crippen LogP contribution in [0.1, 0.15) is 6.23 Å². The molecule has 0 spiro atoms. The van der Waals surface area contributed by atoms with Gasteiger partial charge in [0, 0.05) is 33.6 Å². The molecule has 1 saturated heterocycles. The Morgan fingerprint density at radius 3 is 2.54 bits per heavy atom. The highest BCUT2D eigenvalue weighted by molar-refractivity contribution is 7.53. The molecule has 11 nitrogen and oxygen atoms in total. The first-order valence-corrected chi connectivity index (χ1v) is 8.58. The quantitative estimate of drug-likeness (QED) is 0.595. The van der Waals surface area contributed by atoms with Crippen LogP contribution < -0.4 is 11.2 Å². The molecule has 0 aliphatic carbocycles. The van der Waals surface area contributed by atoms with Crippen molar-refractivity contribution in [1.29, 1.82) is 0 Å². The van der Waals surface area contributed by atoms with E-state index in [1.807, 2.05) is 0 Å². The maximum absolute atomic E-state index is 12.0. The van der Waals surface area contributed by atoms with Gasteiger partial charge >= 0.3 is 13.3 Å². The van der Waals surface area contributed by atoms with E-state index in [0.29, 0.717) is 0 Å². The van der Waals surface area contributed by atoms with E-state index in [0.717, 1.165) is 10.6 Å². The third-order valence-corrected chi connectivity index (χ3v) is 5.10. The molecule has 0 saturated carbocycles. The minimum Gasteiger partial charge on any atom is -0.385 e. The van der Waals surface area contributed by atoms with E-state index in [1.54, 1.807) is 0 Å². The number of aliphatic hydroxyl groups excluding tert-OH is 1. The van der Waals surface area contributed by atoms with Crippen LogP contribution in [0.4, 0.5) is 0 Å². The number of ether oxygens (including phenoxy) is 3. The number of hydrogen-bond donors (Lipinski definition) is 2. The standard InChI is InChI=1S/C12H19N2O9P/c1-19-9-8(16)11(22-6-24(18,20-2)21-3)23-10(9)14-5-4-7(15)13-12(14)17/h4-5,8-11,16H,6H2,1-3H3,(H,13,15,17)/t8-,9+,10+,11-/m0/s1. The number of aromatic nitrogens is 2. The summed E-state index contributed by atoms with van der Waals surface area (Å²) < 4.78 is 38.4. The summed E-state index contributed by atoms with van der Waals surface area (Å²) in [4.78, 5) is 25.1. The highest BCUT2D eigenvalue weighted by Crippen LogP contribution is 2.47. The number of nitrogens with zero attached hydrogens (tertiary/aromatic N) is 1. The van der Waals surface area contributed by atoms with Crippen molar-refractivity contribution in [1.82, 2.24) is 9.55 Å². The van der Waals surface area contributed by atoms with E-state index in [4.69, 9.17) is 23.3 Å². The average molecular weight is 366 g/mol. The van der Waals surface area contributed by atoms with Gasteiger partial charge in [-0.15, -0.1) is 0 Å². The Hall–Kier alpha value is -1.33. The van der Waals surface area contributed by atoms with E-state index >= 15 is 0 Å². The van der Waals surface area contributed by atoms with Gasteiger partial charge in [0.05, 0.1) is 0 Å². The molecule has 4 atom stereocenters. The zero-order valence-electron chi connectivity index (χ0n) is 13.3. The van der Waals surface area contributed by atoms with E-state index < -0.39 is 49.9 Å². The zero-order valence-corrected chi connectivity index (χ0v) is 14.2. The molecule has 0 bridgehead atoms. The Morgan fingerprint density at radius 1 is 1.33 bits per heavy atom. The summed E-state index contributed by atoms with van der Waals surface area (Å²) in [6.07, 6.45) is -3.78. The number of hydrogen-bond acceptors (Lipinski definition) is 9. The van der Waals surface area contributed by atoms with Crippen LogP contribution in [-0.4, -0.2) is 60.8 Å². The fraction of sp³-hybridized carbons (Fsp3) is 0.667. The van der Waals surface area contributed by atoms with Gasteiger partial charge in [0.25, 0.3) is 5.56 Å². The van der Waals surface area contributed by atoms with Crippen LogP contribution in [0.5, 0.6) is 0 Å². The van der Waals surface area contributed by atoms with Crippen LogP contribution in [-0.2, 0) is 27.8 Å². The van der Waals surface area contributed by atoms with Crippen LogP contribution in [0.15, 0.2) is 21.9 Å². The van der Waals surface area contributed by atoms with Crippen molar-refractivity contribution in [2.24, 2.45) is 0 Å². The predicted octanol–water partition coefficient (Wildman–Crippen LogP) is -0.773. The molecular weight excluding hydrogens is 347 g/mol. The van der Waals surface area contributed by atoms with Gasteiger partial charge in [-0.3, -0.25) is 18.9 Å². The fourth-order valence-corrected chi connectivity index (χ4v) is 2.90. The monoisotopic (exact) mass is 366 g/mol. The molecule has 2 N–H and O–H groups in total. The van der Waals surface area contributed by atoms with Crippen molar-refractivity contribution in [3.05, 3.63) is 33.1 Å². The summed E-state index contributed by atoms with van der Waals surface area (Å²) in [5, 5.41) is 10.2. The van der Waals surface area contributed by atoms with Crippen molar-refractivity contribution in [2.75, 3.05) is 27.7 Å². The highest BCUT2D eigenvalue weighted by Gasteiger charge is 2.47. The van der Waals surface area contributed by atoms with Crippen molar-refractivity contribution in [3.8, 4) is 0 Å². The molecule has 1 aromatic rings. The van der Waals surface area contributed by atoms with E-state index in [9.17, 15) is 19.3 Å². The van der Waals surface area contributed by atoms with Crippen molar-refractivity contribution in [3.63, 3.8) is 0 Å². The SMILES string of the molecule is CO[C@@H]1[C@H](O)[C@@H](OCP(=O)(OC)OC)O[C@H]1n1ccc(=O)[nH]c1=O. The summed E-state index contributed by atoms with van der Waals surface area (Å²) in [5.41, 5.74) is -1.31. The maximum atomic E-state index is 12.0. The van der Waals surface area contributed by atoms with Crippen LogP contribution in [0.25, 0.3) is 0 Å². The van der Waals surface area contributed by atoms with Gasteiger partial charge < -0.3 is 28.4 Å². The third-order valence-electron chi connectivity index (χ3n) is 3.52. The topological polar surface area (TPSA) is 138 Å². The van der Waals surface area contributed by atoms with Gasteiger partial charge in [-0.05, 0) is 0 Å². The minimum atomic E-state index is -3.47. The summed E-state index contributed by atoms with van der Waals surface area (Å²) in [7, 11) is 0.241. The van der Waals surface area contributed by atoms with Crippen molar-refractivity contribution < 1.29 is 32.9 Å². The van der Waals surface area contributed by atoms with Gasteiger partial charge in [0.1, 0.15) is 12.2 Å². The zero-order chi connectivity index (χ0) is 17.9. The molecule has 1 fully saturated rings. The van der Waals surface area contributed by atoms with Crippen molar-refractivity contribution in [2.45, 2.75) is 24.7 Å². The van der Waals surface area contributed by atoms with Crippen LogP contribution >= 0.6 is 7.60 Å². The number of nitrogens with one attached hydrogen (secondary N) is 1. The van der Waals surface area contributed by atoms with Gasteiger partial charge in [-0.25, -0.2) is 4.79 Å². The Bertz CT molecular complexity index is 709.